The van der Waals surface area contributed by atoms with E-state index in [0.29, 0.717) is 18.0 Å². The van der Waals surface area contributed by atoms with E-state index < -0.39 is 17.0 Å². The number of hydrogen-bond donors (Lipinski definition) is 1. The van der Waals surface area contributed by atoms with Gasteiger partial charge in [0.15, 0.2) is 11.1 Å². The molecule has 0 fully saturated rings. The fraction of sp³-hybridized carbons (Fsp3) is 0.522. The highest BCUT2D eigenvalue weighted by Gasteiger charge is 2.11. The van der Waals surface area contributed by atoms with Crippen molar-refractivity contribution < 1.29 is 18.4 Å². The second-order valence-corrected chi connectivity index (χ2v) is 7.78. The highest BCUT2D eigenvalue weighted by Crippen LogP contribution is 2.27. The zero-order chi connectivity index (χ0) is 21.5. The first kappa shape index (κ1) is 25.3. The summed E-state index contributed by atoms with van der Waals surface area (Å²) in [6, 6.07) is 7.14. The molecule has 0 bridgehead atoms. The van der Waals surface area contributed by atoms with E-state index in [1.807, 2.05) is 32.1 Å². The third-order valence-corrected chi connectivity index (χ3v) is 5.41. The molecule has 0 aliphatic rings. The summed E-state index contributed by atoms with van der Waals surface area (Å²) in [4.78, 5) is 17.6. The lowest BCUT2D eigenvalue weighted by Gasteiger charge is -2.15. The molecule has 29 heavy (non-hydrogen) atoms. The highest BCUT2D eigenvalue weighted by molar-refractivity contribution is 7.79. The quantitative estimate of drug-likeness (QED) is 0.136. The van der Waals surface area contributed by atoms with Crippen molar-refractivity contribution in [2.24, 2.45) is 0 Å². The molecule has 0 aliphatic carbocycles. The summed E-state index contributed by atoms with van der Waals surface area (Å²) in [5.74, 6) is -0.428. The Morgan fingerprint density at radius 2 is 1.72 bits per heavy atom. The number of carbonyl (C=O) groups is 1. The van der Waals surface area contributed by atoms with E-state index in [-0.39, 0.29) is 0 Å². The van der Waals surface area contributed by atoms with Gasteiger partial charge in [0.1, 0.15) is 0 Å². The largest absolute Gasteiger partial charge is 0.364 e. The van der Waals surface area contributed by atoms with Crippen LogP contribution in [0, 0.1) is 0 Å². The van der Waals surface area contributed by atoms with E-state index >= 15 is 0 Å². The normalized spacial score (nSPS) is 13.2. The van der Waals surface area contributed by atoms with Crippen molar-refractivity contribution in [2.45, 2.75) is 70.6 Å². The number of benzene rings is 1. The van der Waals surface area contributed by atoms with Crippen LogP contribution in [0.2, 0.25) is 0 Å². The standard InChI is InChI=1S/C23H35NO4S/c1-4-7-8-9-10-11-15-20(21-17-12-13-18-22(21)29(26)27)16-14-19-23(25)28-24(5-2)6-3/h12-14,16-19H,4-11,15H2,1-3H3,(H,26,27). The second kappa shape index (κ2) is 15.1. The summed E-state index contributed by atoms with van der Waals surface area (Å²) in [6.07, 6.45) is 12.7. The van der Waals surface area contributed by atoms with Crippen LogP contribution in [0.4, 0.5) is 0 Å². The van der Waals surface area contributed by atoms with Crippen LogP contribution in [0.1, 0.15) is 71.3 Å². The summed E-state index contributed by atoms with van der Waals surface area (Å²) in [5.41, 5.74) is 1.70. The third kappa shape index (κ3) is 10.0. The maximum absolute atomic E-state index is 12.0. The van der Waals surface area contributed by atoms with E-state index in [9.17, 15) is 13.6 Å². The molecular formula is C23H35NO4S. The van der Waals surface area contributed by atoms with Gasteiger partial charge < -0.3 is 9.39 Å². The van der Waals surface area contributed by atoms with Gasteiger partial charge in [-0.15, -0.1) is 5.06 Å². The van der Waals surface area contributed by atoms with E-state index in [1.165, 1.54) is 31.8 Å². The third-order valence-electron chi connectivity index (χ3n) is 4.68. The Bertz CT molecular complexity index is 696. The van der Waals surface area contributed by atoms with Gasteiger partial charge >= 0.3 is 5.97 Å². The Morgan fingerprint density at radius 1 is 1.07 bits per heavy atom. The molecule has 0 aliphatic heterocycles. The van der Waals surface area contributed by atoms with Crippen molar-refractivity contribution in [3.05, 3.63) is 48.1 Å². The van der Waals surface area contributed by atoms with Crippen molar-refractivity contribution in [2.75, 3.05) is 13.1 Å². The van der Waals surface area contributed by atoms with Crippen LogP contribution in [0.3, 0.4) is 0 Å². The molecule has 0 aromatic heterocycles. The molecule has 0 radical (unpaired) electrons. The number of nitrogens with zero attached hydrogens (tertiary/aromatic N) is 1. The van der Waals surface area contributed by atoms with Crippen LogP contribution >= 0.6 is 0 Å². The molecule has 5 nitrogen and oxygen atoms in total. The summed E-state index contributed by atoms with van der Waals surface area (Å²) in [6.45, 7) is 7.30. The number of rotatable bonds is 14. The summed E-state index contributed by atoms with van der Waals surface area (Å²) >= 11 is -2.06. The van der Waals surface area contributed by atoms with E-state index in [2.05, 4.69) is 6.92 Å². The van der Waals surface area contributed by atoms with Crippen LogP contribution < -0.4 is 0 Å². The fourth-order valence-corrected chi connectivity index (χ4v) is 3.62. The minimum absolute atomic E-state index is 0.392. The Labute approximate surface area is 178 Å². The van der Waals surface area contributed by atoms with Crippen LogP contribution in [0.25, 0.3) is 5.57 Å². The van der Waals surface area contributed by atoms with E-state index in [0.717, 1.165) is 30.4 Å². The van der Waals surface area contributed by atoms with Gasteiger partial charge in [0.05, 0.1) is 4.90 Å². The Hall–Kier alpha value is -1.76. The maximum atomic E-state index is 12.0. The van der Waals surface area contributed by atoms with Gasteiger partial charge in [-0.1, -0.05) is 69.4 Å². The Kier molecular flexibility index (Phi) is 13.2. The number of allylic oxidation sites excluding steroid dienone is 3. The predicted octanol–water partition coefficient (Wildman–Crippen LogP) is 5.76. The smallest absolute Gasteiger partial charge is 0.349 e. The topological polar surface area (TPSA) is 66.8 Å². The van der Waals surface area contributed by atoms with Gasteiger partial charge in [0, 0.05) is 19.2 Å². The molecule has 1 aromatic rings. The summed E-state index contributed by atoms with van der Waals surface area (Å²) in [5, 5.41) is 1.58. The van der Waals surface area contributed by atoms with Gasteiger partial charge in [-0.2, -0.15) is 0 Å². The SMILES string of the molecule is CCCCCCCCC(=CC=CC(=O)ON(CC)CC)c1ccccc1S(=O)O. The lowest BCUT2D eigenvalue weighted by molar-refractivity contribution is -0.182. The highest BCUT2D eigenvalue weighted by atomic mass is 32.2. The number of carbonyl (C=O) groups excluding carboxylic acids is 1. The van der Waals surface area contributed by atoms with Crippen LogP contribution in [0.5, 0.6) is 0 Å². The number of unbranched alkanes of at least 4 members (excludes halogenated alkanes) is 5. The first-order valence-electron chi connectivity index (χ1n) is 10.6. The zero-order valence-electron chi connectivity index (χ0n) is 17.9. The number of hydrogen-bond acceptors (Lipinski definition) is 4. The van der Waals surface area contributed by atoms with Gasteiger partial charge in [-0.3, -0.25) is 0 Å². The van der Waals surface area contributed by atoms with Gasteiger partial charge in [0.2, 0.25) is 0 Å². The zero-order valence-corrected chi connectivity index (χ0v) is 18.7. The van der Waals surface area contributed by atoms with Gasteiger partial charge in [-0.25, -0.2) is 9.00 Å². The van der Waals surface area contributed by atoms with Gasteiger partial charge in [-0.05, 0) is 43.9 Å². The summed E-state index contributed by atoms with van der Waals surface area (Å²) in [7, 11) is 0. The van der Waals surface area contributed by atoms with Crippen molar-refractivity contribution in [1.82, 2.24) is 5.06 Å². The van der Waals surface area contributed by atoms with E-state index in [1.54, 1.807) is 23.3 Å². The first-order chi connectivity index (χ1) is 14.0. The fourth-order valence-electron chi connectivity index (χ4n) is 3.04. The van der Waals surface area contributed by atoms with Crippen molar-refractivity contribution in [3.8, 4) is 0 Å². The molecule has 162 valence electrons. The molecule has 1 unspecified atom stereocenters. The monoisotopic (exact) mass is 421 g/mol. The van der Waals surface area contributed by atoms with Crippen LogP contribution in [-0.2, 0) is 20.7 Å². The maximum Gasteiger partial charge on any atom is 0.349 e. The molecule has 0 spiro atoms. The van der Waals surface area contributed by atoms with Crippen LogP contribution in [-0.4, -0.2) is 32.9 Å². The number of hydroxylamine groups is 2. The molecule has 1 N–H and O–H groups in total. The second-order valence-electron chi connectivity index (χ2n) is 6.84. The lowest BCUT2D eigenvalue weighted by Crippen LogP contribution is -2.25. The Balaban J connectivity index is 2.90. The predicted molar refractivity (Wildman–Crippen MR) is 120 cm³/mol. The first-order valence-corrected chi connectivity index (χ1v) is 11.7. The molecular weight excluding hydrogens is 386 g/mol. The lowest BCUT2D eigenvalue weighted by atomic mass is 9.98. The van der Waals surface area contributed by atoms with Crippen LogP contribution in [0.15, 0.2) is 47.4 Å². The summed E-state index contributed by atoms with van der Waals surface area (Å²) < 4.78 is 21.4. The van der Waals surface area contributed by atoms with Crippen molar-refractivity contribution >= 4 is 22.6 Å². The average Bonchev–Trinajstić information content (AvgIpc) is 2.73. The average molecular weight is 422 g/mol. The molecule has 0 heterocycles. The molecule has 0 saturated carbocycles. The molecule has 1 aromatic carbocycles. The molecule has 1 atom stereocenters. The van der Waals surface area contributed by atoms with Gasteiger partial charge in [0.25, 0.3) is 0 Å². The Morgan fingerprint density at radius 3 is 2.38 bits per heavy atom. The molecule has 0 amide bonds. The molecule has 1 rings (SSSR count). The van der Waals surface area contributed by atoms with Crippen molar-refractivity contribution in [1.29, 1.82) is 0 Å². The minimum atomic E-state index is -2.06. The molecule has 6 heteroatoms. The minimum Gasteiger partial charge on any atom is -0.364 e. The van der Waals surface area contributed by atoms with Crippen molar-refractivity contribution in [3.63, 3.8) is 0 Å². The molecule has 0 saturated heterocycles. The van der Waals surface area contributed by atoms with E-state index in [4.69, 9.17) is 4.84 Å².